The van der Waals surface area contributed by atoms with Gasteiger partial charge in [0.1, 0.15) is 0 Å². The van der Waals surface area contributed by atoms with Crippen LogP contribution in [0.25, 0.3) is 0 Å². The van der Waals surface area contributed by atoms with Gasteiger partial charge in [0.15, 0.2) is 5.96 Å². The highest BCUT2D eigenvalue weighted by Gasteiger charge is 2.05. The standard InChI is InChI=1S/C17H26N4S2.HI/c1-4-15-13(3)23-16(21-15)9-11-20-17(18-5-2)19-10-8-14-7-6-12-22-14;/h6-7,12H,4-5,8-11H2,1-3H3,(H2,18,19,20);1H. The summed E-state index contributed by atoms with van der Waals surface area (Å²) in [4.78, 5) is 12.1. The number of rotatable bonds is 8. The van der Waals surface area contributed by atoms with E-state index >= 15 is 0 Å². The molecule has 2 heterocycles. The first-order chi connectivity index (χ1) is 11.2. The Morgan fingerprint density at radius 1 is 1.25 bits per heavy atom. The molecular formula is C17H27IN4S2. The topological polar surface area (TPSA) is 49.3 Å². The molecule has 0 aliphatic rings. The largest absolute Gasteiger partial charge is 0.357 e. The molecular weight excluding hydrogens is 451 g/mol. The van der Waals surface area contributed by atoms with Crippen molar-refractivity contribution in [2.45, 2.75) is 40.0 Å². The van der Waals surface area contributed by atoms with Gasteiger partial charge in [0.25, 0.3) is 0 Å². The van der Waals surface area contributed by atoms with E-state index in [0.717, 1.165) is 44.9 Å². The molecule has 134 valence electrons. The van der Waals surface area contributed by atoms with Gasteiger partial charge in [0.2, 0.25) is 0 Å². The van der Waals surface area contributed by atoms with E-state index in [9.17, 15) is 0 Å². The number of hydrogen-bond acceptors (Lipinski definition) is 4. The highest BCUT2D eigenvalue weighted by Crippen LogP contribution is 2.18. The minimum absolute atomic E-state index is 0. The molecule has 0 aliphatic heterocycles. The molecule has 0 spiro atoms. The van der Waals surface area contributed by atoms with E-state index in [1.165, 1.54) is 20.5 Å². The van der Waals surface area contributed by atoms with Crippen LogP contribution >= 0.6 is 46.7 Å². The normalized spacial score (nSPS) is 11.2. The summed E-state index contributed by atoms with van der Waals surface area (Å²) < 4.78 is 0. The zero-order valence-corrected chi connectivity index (χ0v) is 18.6. The number of thiophene rings is 1. The van der Waals surface area contributed by atoms with E-state index in [1.807, 2.05) is 0 Å². The molecule has 2 rings (SSSR count). The van der Waals surface area contributed by atoms with E-state index in [2.05, 4.69) is 58.9 Å². The second-order valence-corrected chi connectivity index (χ2v) is 7.55. The maximum atomic E-state index is 4.68. The number of nitrogens with zero attached hydrogens (tertiary/aromatic N) is 2. The number of guanidine groups is 1. The van der Waals surface area contributed by atoms with Gasteiger partial charge in [-0.2, -0.15) is 0 Å². The predicted molar refractivity (Wildman–Crippen MR) is 117 cm³/mol. The smallest absolute Gasteiger partial charge is 0.191 e. The number of aliphatic imine (C=N–C) groups is 1. The molecule has 2 aromatic rings. The van der Waals surface area contributed by atoms with Crippen molar-refractivity contribution in [1.29, 1.82) is 0 Å². The van der Waals surface area contributed by atoms with Gasteiger partial charge >= 0.3 is 0 Å². The third-order valence-electron chi connectivity index (χ3n) is 3.46. The highest BCUT2D eigenvalue weighted by atomic mass is 127. The van der Waals surface area contributed by atoms with Crippen molar-refractivity contribution in [1.82, 2.24) is 15.6 Å². The van der Waals surface area contributed by atoms with Gasteiger partial charge < -0.3 is 10.6 Å². The van der Waals surface area contributed by atoms with Gasteiger partial charge in [-0.1, -0.05) is 13.0 Å². The third kappa shape index (κ3) is 7.06. The predicted octanol–water partition coefficient (Wildman–Crippen LogP) is 4.03. The first-order valence-corrected chi connectivity index (χ1v) is 9.92. The van der Waals surface area contributed by atoms with Gasteiger partial charge in [-0.05, 0) is 38.1 Å². The monoisotopic (exact) mass is 478 g/mol. The summed E-state index contributed by atoms with van der Waals surface area (Å²) in [5.41, 5.74) is 1.23. The van der Waals surface area contributed by atoms with Crippen LogP contribution < -0.4 is 10.6 Å². The Labute approximate surface area is 170 Å². The molecule has 0 atom stereocenters. The van der Waals surface area contributed by atoms with Crippen LogP contribution in [0.4, 0.5) is 0 Å². The number of aryl methyl sites for hydroxylation is 2. The molecule has 0 bridgehead atoms. The molecule has 7 heteroatoms. The van der Waals surface area contributed by atoms with Crippen LogP contribution in [0.2, 0.25) is 0 Å². The summed E-state index contributed by atoms with van der Waals surface area (Å²) in [7, 11) is 0. The van der Waals surface area contributed by atoms with Gasteiger partial charge in [0.05, 0.1) is 10.7 Å². The van der Waals surface area contributed by atoms with Gasteiger partial charge in [-0.25, -0.2) is 4.98 Å². The van der Waals surface area contributed by atoms with Crippen LogP contribution in [-0.2, 0) is 19.3 Å². The lowest BCUT2D eigenvalue weighted by Crippen LogP contribution is -2.38. The molecule has 0 unspecified atom stereocenters. The maximum Gasteiger partial charge on any atom is 0.191 e. The second-order valence-electron chi connectivity index (χ2n) is 5.23. The molecule has 0 saturated heterocycles. The van der Waals surface area contributed by atoms with Crippen LogP contribution in [0.1, 0.15) is 34.3 Å². The molecule has 0 aliphatic carbocycles. The number of halogens is 1. The minimum atomic E-state index is 0. The van der Waals surface area contributed by atoms with Gasteiger partial charge in [0, 0.05) is 35.8 Å². The minimum Gasteiger partial charge on any atom is -0.357 e. The quantitative estimate of drug-likeness (QED) is 0.342. The van der Waals surface area contributed by atoms with Crippen LogP contribution in [-0.4, -0.2) is 30.6 Å². The molecule has 24 heavy (non-hydrogen) atoms. The zero-order chi connectivity index (χ0) is 16.5. The van der Waals surface area contributed by atoms with Crippen LogP contribution in [0.5, 0.6) is 0 Å². The molecule has 4 nitrogen and oxygen atoms in total. The van der Waals surface area contributed by atoms with E-state index in [0.29, 0.717) is 0 Å². The summed E-state index contributed by atoms with van der Waals surface area (Å²) in [6.07, 6.45) is 2.96. The summed E-state index contributed by atoms with van der Waals surface area (Å²) in [5, 5.41) is 10.0. The fourth-order valence-corrected chi connectivity index (χ4v) is 4.01. The number of hydrogen-bond donors (Lipinski definition) is 2. The Kier molecular flexibility index (Phi) is 10.5. The van der Waals surface area contributed by atoms with Crippen molar-refractivity contribution in [3.05, 3.63) is 38.0 Å². The Balaban J connectivity index is 0.00000288. The van der Waals surface area contributed by atoms with Crippen molar-refractivity contribution in [3.63, 3.8) is 0 Å². The van der Waals surface area contributed by atoms with Crippen molar-refractivity contribution in [3.8, 4) is 0 Å². The fraction of sp³-hybridized carbons (Fsp3) is 0.529. The maximum absolute atomic E-state index is 4.68. The lowest BCUT2D eigenvalue weighted by atomic mass is 10.3. The summed E-state index contributed by atoms with van der Waals surface area (Å²) in [6, 6.07) is 4.27. The third-order valence-corrected chi connectivity index (χ3v) is 5.46. The van der Waals surface area contributed by atoms with Crippen molar-refractivity contribution in [2.75, 3.05) is 19.6 Å². The lowest BCUT2D eigenvalue weighted by Gasteiger charge is -2.10. The van der Waals surface area contributed by atoms with Crippen LogP contribution in [0.15, 0.2) is 22.5 Å². The van der Waals surface area contributed by atoms with Crippen molar-refractivity contribution in [2.24, 2.45) is 4.99 Å². The zero-order valence-electron chi connectivity index (χ0n) is 14.6. The fourth-order valence-electron chi connectivity index (χ4n) is 2.29. The Morgan fingerprint density at radius 3 is 2.71 bits per heavy atom. The highest BCUT2D eigenvalue weighted by molar-refractivity contribution is 14.0. The number of thiazole rings is 1. The number of aromatic nitrogens is 1. The first-order valence-electron chi connectivity index (χ1n) is 8.22. The Bertz CT molecular complexity index is 608. The van der Waals surface area contributed by atoms with Gasteiger partial charge in [-0.3, -0.25) is 4.99 Å². The average molecular weight is 478 g/mol. The van der Waals surface area contributed by atoms with E-state index in [1.54, 1.807) is 22.7 Å². The second kappa shape index (κ2) is 11.8. The van der Waals surface area contributed by atoms with Crippen LogP contribution in [0.3, 0.4) is 0 Å². The molecule has 2 N–H and O–H groups in total. The molecule has 0 fully saturated rings. The first kappa shape index (κ1) is 21.4. The molecule has 2 aromatic heterocycles. The SMILES string of the molecule is CCNC(=NCCc1nc(CC)c(C)s1)NCCc1cccs1.I. The average Bonchev–Trinajstić information content (AvgIpc) is 3.17. The summed E-state index contributed by atoms with van der Waals surface area (Å²) in [5.74, 6) is 0.896. The van der Waals surface area contributed by atoms with E-state index in [-0.39, 0.29) is 24.0 Å². The van der Waals surface area contributed by atoms with Gasteiger partial charge in [-0.15, -0.1) is 46.7 Å². The Morgan fingerprint density at radius 2 is 2.08 bits per heavy atom. The van der Waals surface area contributed by atoms with Crippen molar-refractivity contribution >= 4 is 52.6 Å². The molecule has 0 aromatic carbocycles. The summed E-state index contributed by atoms with van der Waals surface area (Å²) in [6.45, 7) is 8.95. The van der Waals surface area contributed by atoms with Crippen LogP contribution in [0, 0.1) is 6.92 Å². The van der Waals surface area contributed by atoms with E-state index < -0.39 is 0 Å². The lowest BCUT2D eigenvalue weighted by molar-refractivity contribution is 0.800. The molecule has 0 saturated carbocycles. The van der Waals surface area contributed by atoms with E-state index in [4.69, 9.17) is 0 Å². The Hall–Kier alpha value is -0.670. The summed E-state index contributed by atoms with van der Waals surface area (Å²) >= 11 is 3.60. The van der Waals surface area contributed by atoms with Crippen molar-refractivity contribution < 1.29 is 0 Å². The molecule has 0 radical (unpaired) electrons. The number of nitrogens with one attached hydrogen (secondary N) is 2. The molecule has 0 amide bonds.